The normalized spacial score (nSPS) is 17.0. The lowest BCUT2D eigenvalue weighted by molar-refractivity contribution is 0.607. The number of anilines is 6. The Morgan fingerprint density at radius 1 is 0.226 bits per heavy atom. The van der Waals surface area contributed by atoms with Crippen LogP contribution in [0.25, 0.3) is 105 Å². The Labute approximate surface area is 624 Å². The molecule has 14 aromatic carbocycles. The molecule has 0 unspecified atom stereocenters. The molecule has 2 nitrogen and oxygen atoms in total. The van der Waals surface area contributed by atoms with Crippen LogP contribution in [0.1, 0.15) is 163 Å². The van der Waals surface area contributed by atoms with E-state index in [0.717, 1.165) is 47.0 Å². The summed E-state index contributed by atoms with van der Waals surface area (Å²) >= 11 is 0. The van der Waals surface area contributed by atoms with E-state index >= 15 is 0 Å². The van der Waals surface area contributed by atoms with Crippen LogP contribution >= 0.6 is 0 Å². The third-order valence-electron chi connectivity index (χ3n) is 27.0. The first-order valence-corrected chi connectivity index (χ1v) is 38.5. The van der Waals surface area contributed by atoms with Crippen molar-refractivity contribution in [3.8, 4) is 77.9 Å². The first kappa shape index (κ1) is 63.2. The summed E-state index contributed by atoms with van der Waals surface area (Å²) in [5.74, 6) is 0. The van der Waals surface area contributed by atoms with Crippen molar-refractivity contribution in [1.82, 2.24) is 0 Å². The van der Waals surface area contributed by atoms with Gasteiger partial charge in [-0.3, -0.25) is 0 Å². The number of nitrogens with zero attached hydrogens (tertiary/aromatic N) is 2. The van der Waals surface area contributed by atoms with Crippen LogP contribution in [0, 0.1) is 0 Å². The highest BCUT2D eigenvalue weighted by molar-refractivity contribution is 6.23. The molecule has 0 saturated heterocycles. The lowest BCUT2D eigenvalue weighted by Crippen LogP contribution is -2.19. The molecule has 0 saturated carbocycles. The minimum Gasteiger partial charge on any atom is -0.310 e. The average Bonchev–Trinajstić information content (AvgIpc) is 1.02. The number of fused-ring (bicyclic) bond motifs is 19. The number of benzene rings is 14. The second-order valence-electron chi connectivity index (χ2n) is 34.6. The summed E-state index contributed by atoms with van der Waals surface area (Å²) in [6, 6.07) is 105. The zero-order chi connectivity index (χ0) is 72.0. The molecule has 0 fully saturated rings. The molecule has 0 aromatic heterocycles. The van der Waals surface area contributed by atoms with Gasteiger partial charge in [-0.15, -0.1) is 0 Å². The fourth-order valence-corrected chi connectivity index (χ4v) is 21.4. The summed E-state index contributed by atoms with van der Waals surface area (Å²) in [6.07, 6.45) is 6.94. The predicted octanol–water partition coefficient (Wildman–Crippen LogP) is 28.2. The zero-order valence-corrected chi connectivity index (χ0v) is 62.9. The molecule has 7 aliphatic carbocycles. The van der Waals surface area contributed by atoms with E-state index < -0.39 is 0 Å². The molecule has 0 atom stereocenters. The molecule has 0 bridgehead atoms. The van der Waals surface area contributed by atoms with Gasteiger partial charge in [-0.25, -0.2) is 0 Å². The third-order valence-corrected chi connectivity index (χ3v) is 27.0. The van der Waals surface area contributed by atoms with Crippen molar-refractivity contribution < 1.29 is 0 Å². The summed E-state index contributed by atoms with van der Waals surface area (Å²) in [5.41, 5.74) is 43.0. The SMILES string of the molecule is CC1(C)C2=C(C=CCC2)c2ccc(N(c3ccc4c(c3)C(C)(C)c3ccccc3-4)c3ccc4c(-c5ccc6c(c5)-c5ccccc5C6(C)C)c5cc(N(c6ccc7c(c6)C(C)(C)c6ccccc6-7)c6ccc7c(c6)C(C)(C)c6ccccc6-7)ccc5c(-c5ccc6c(c5)C(C)(C)c5ccccc5-6)c4c3)cc21. The summed E-state index contributed by atoms with van der Waals surface area (Å²) in [7, 11) is 0. The third kappa shape index (κ3) is 8.50. The van der Waals surface area contributed by atoms with Crippen molar-refractivity contribution in [1.29, 1.82) is 0 Å². The van der Waals surface area contributed by atoms with Crippen LogP contribution in [0.4, 0.5) is 34.1 Å². The molecular weight excluding hydrogens is 1280 g/mol. The fourth-order valence-electron chi connectivity index (χ4n) is 21.4. The number of allylic oxidation sites excluding steroid dienone is 4. The van der Waals surface area contributed by atoms with E-state index in [9.17, 15) is 0 Å². The van der Waals surface area contributed by atoms with Gasteiger partial charge >= 0.3 is 0 Å². The molecule has 14 aromatic rings. The fraction of sp³-hybridized carbons (Fsp3) is 0.192. The van der Waals surface area contributed by atoms with Crippen LogP contribution in [0.2, 0.25) is 0 Å². The van der Waals surface area contributed by atoms with Gasteiger partial charge in [0.25, 0.3) is 0 Å². The van der Waals surface area contributed by atoms with E-state index in [-0.39, 0.29) is 32.5 Å². The molecule has 0 spiro atoms. The van der Waals surface area contributed by atoms with Gasteiger partial charge in [0.15, 0.2) is 0 Å². The van der Waals surface area contributed by atoms with E-state index in [2.05, 4.69) is 372 Å². The minimum absolute atomic E-state index is 0.129. The Morgan fingerprint density at radius 3 is 0.934 bits per heavy atom. The highest BCUT2D eigenvalue weighted by Crippen LogP contribution is 2.60. The van der Waals surface area contributed by atoms with Crippen LogP contribution in [-0.4, -0.2) is 0 Å². The first-order chi connectivity index (χ1) is 51.1. The van der Waals surface area contributed by atoms with E-state index in [1.54, 1.807) is 5.57 Å². The van der Waals surface area contributed by atoms with Crippen LogP contribution in [-0.2, 0) is 32.5 Å². The van der Waals surface area contributed by atoms with Crippen molar-refractivity contribution in [3.05, 3.63) is 351 Å². The molecule has 2 heteroatoms. The maximum atomic E-state index is 2.60. The maximum absolute atomic E-state index is 2.60. The Kier molecular flexibility index (Phi) is 12.9. The van der Waals surface area contributed by atoms with E-state index in [1.165, 1.54) is 172 Å². The van der Waals surface area contributed by atoms with Crippen LogP contribution < -0.4 is 9.80 Å². The molecule has 0 heterocycles. The zero-order valence-electron chi connectivity index (χ0n) is 62.9. The van der Waals surface area contributed by atoms with Crippen LogP contribution in [0.5, 0.6) is 0 Å². The monoisotopic (exact) mass is 1360 g/mol. The largest absolute Gasteiger partial charge is 0.310 e. The highest BCUT2D eigenvalue weighted by atomic mass is 15.1. The molecule has 512 valence electrons. The summed E-state index contributed by atoms with van der Waals surface area (Å²) in [6.45, 7) is 29.1. The van der Waals surface area contributed by atoms with Crippen molar-refractivity contribution in [3.63, 3.8) is 0 Å². The molecule has 0 amide bonds. The first-order valence-electron chi connectivity index (χ1n) is 38.5. The summed E-state index contributed by atoms with van der Waals surface area (Å²) in [4.78, 5) is 5.18. The Morgan fingerprint density at radius 2 is 0.519 bits per heavy atom. The van der Waals surface area contributed by atoms with Gasteiger partial charge in [-0.05, 0) is 270 Å². The lowest BCUT2D eigenvalue weighted by atomic mass is 9.78. The Balaban J connectivity index is 0.861. The van der Waals surface area contributed by atoms with Gasteiger partial charge in [-0.1, -0.05) is 283 Å². The number of rotatable bonds is 8. The molecule has 0 radical (unpaired) electrons. The van der Waals surface area contributed by atoms with E-state index in [0.29, 0.717) is 0 Å². The highest BCUT2D eigenvalue weighted by Gasteiger charge is 2.43. The minimum atomic E-state index is -0.235. The topological polar surface area (TPSA) is 6.48 Å². The standard InChI is InChI=1S/C104H86N2/c1-99(2)90-36-24-18-30-74(90)82-53-61(38-52-91(82)99)97-80-50-43-64(106(67-41-48-78-72-28-16-22-34-88(72)103(9,10)95(78)59-67)68-42-49-79-73-29-17-23-35-89(73)104(11,12)96(79)60-68)56-84(80)98(62-37-45-75-69-25-13-19-31-85(69)100(3,4)92(75)54-62)81-51-44-63(55-83(81)97)105(65-39-46-76-70-26-14-20-32-86(70)101(5,6)93(76)57-65)66-40-47-77-71-27-15-21-33-87(71)102(7,8)94(77)58-66/h13-22,24-34,36-60H,23,35H2,1-12H3. The van der Waals surface area contributed by atoms with Gasteiger partial charge in [-0.2, -0.15) is 0 Å². The van der Waals surface area contributed by atoms with Gasteiger partial charge in [0.05, 0.1) is 0 Å². The molecule has 106 heavy (non-hydrogen) atoms. The molecule has 0 N–H and O–H groups in total. The van der Waals surface area contributed by atoms with Crippen molar-refractivity contribution in [2.45, 2.75) is 128 Å². The second kappa shape index (κ2) is 21.7. The smallest absolute Gasteiger partial charge is 0.0468 e. The lowest BCUT2D eigenvalue weighted by Gasteiger charge is -2.31. The van der Waals surface area contributed by atoms with Crippen LogP contribution in [0.15, 0.2) is 285 Å². The van der Waals surface area contributed by atoms with Crippen molar-refractivity contribution >= 4 is 61.2 Å². The van der Waals surface area contributed by atoms with Crippen LogP contribution in [0.3, 0.4) is 0 Å². The van der Waals surface area contributed by atoms with Gasteiger partial charge in [0.1, 0.15) is 0 Å². The van der Waals surface area contributed by atoms with Gasteiger partial charge in [0, 0.05) is 66.6 Å². The quantitative estimate of drug-likeness (QED) is 0.140. The predicted molar refractivity (Wildman–Crippen MR) is 448 cm³/mol. The molecular formula is C104H86N2. The average molecular weight is 1360 g/mol. The summed E-state index contributed by atoms with van der Waals surface area (Å²) < 4.78 is 0. The van der Waals surface area contributed by atoms with E-state index in [4.69, 9.17) is 0 Å². The summed E-state index contributed by atoms with van der Waals surface area (Å²) in [5, 5.41) is 4.84. The van der Waals surface area contributed by atoms with Crippen molar-refractivity contribution in [2.75, 3.05) is 9.80 Å². The Hall–Kier alpha value is -11.3. The maximum Gasteiger partial charge on any atom is 0.0468 e. The molecule has 21 rings (SSSR count). The Bertz CT molecular complexity index is 6240. The van der Waals surface area contributed by atoms with Gasteiger partial charge < -0.3 is 9.80 Å². The number of hydrogen-bond donors (Lipinski definition) is 0. The molecule has 0 aliphatic heterocycles. The number of hydrogen-bond acceptors (Lipinski definition) is 2. The second-order valence-corrected chi connectivity index (χ2v) is 34.6. The van der Waals surface area contributed by atoms with E-state index in [1.807, 2.05) is 0 Å². The van der Waals surface area contributed by atoms with Gasteiger partial charge in [0.2, 0.25) is 0 Å². The van der Waals surface area contributed by atoms with Crippen molar-refractivity contribution in [2.24, 2.45) is 0 Å². The molecule has 7 aliphatic rings.